The van der Waals surface area contributed by atoms with Gasteiger partial charge in [-0.15, -0.1) is 0 Å². The highest BCUT2D eigenvalue weighted by Crippen LogP contribution is 2.23. The van der Waals surface area contributed by atoms with Crippen LogP contribution in [-0.2, 0) is 6.54 Å². The Morgan fingerprint density at radius 2 is 1.81 bits per heavy atom. The summed E-state index contributed by atoms with van der Waals surface area (Å²) in [5.41, 5.74) is 2.04. The normalized spacial score (nSPS) is 15.0. The number of nitro benzene ring substituents is 1. The van der Waals surface area contributed by atoms with Gasteiger partial charge in [-0.2, -0.15) is 0 Å². The molecule has 1 saturated heterocycles. The van der Waals surface area contributed by atoms with Crippen LogP contribution in [0.4, 0.5) is 11.4 Å². The molecule has 27 heavy (non-hydrogen) atoms. The maximum absolute atomic E-state index is 11.0. The van der Waals surface area contributed by atoms with E-state index in [1.165, 1.54) is 6.07 Å². The van der Waals surface area contributed by atoms with Crippen molar-refractivity contribution in [1.29, 1.82) is 0 Å². The fourth-order valence-electron chi connectivity index (χ4n) is 3.28. The molecule has 138 valence electrons. The maximum atomic E-state index is 11.0. The Bertz CT molecular complexity index is 918. The van der Waals surface area contributed by atoms with Crippen LogP contribution in [0.2, 0.25) is 0 Å². The van der Waals surface area contributed by atoms with Crippen LogP contribution >= 0.6 is 0 Å². The summed E-state index contributed by atoms with van der Waals surface area (Å²) in [6, 6.07) is 16.7. The van der Waals surface area contributed by atoms with Crippen molar-refractivity contribution in [2.24, 2.45) is 0 Å². The standard InChI is InChI=1S/C20H20N4O3/c25-24(26)18-8-4-7-17(13-18)23-11-9-22(10-12-23)15-20-21-14-19(27-20)16-5-2-1-3-6-16/h1-8,13-14H,9-12,15H2. The zero-order chi connectivity index (χ0) is 18.6. The lowest BCUT2D eigenvalue weighted by molar-refractivity contribution is -0.384. The number of nitro groups is 1. The fourth-order valence-corrected chi connectivity index (χ4v) is 3.28. The number of piperazine rings is 1. The highest BCUT2D eigenvalue weighted by molar-refractivity contribution is 5.56. The van der Waals surface area contributed by atoms with Gasteiger partial charge in [0.2, 0.25) is 5.89 Å². The molecule has 0 N–H and O–H groups in total. The van der Waals surface area contributed by atoms with Gasteiger partial charge in [0, 0.05) is 49.6 Å². The van der Waals surface area contributed by atoms with E-state index >= 15 is 0 Å². The van der Waals surface area contributed by atoms with Gasteiger partial charge in [0.15, 0.2) is 5.76 Å². The Labute approximate surface area is 157 Å². The Morgan fingerprint density at radius 3 is 2.56 bits per heavy atom. The third kappa shape index (κ3) is 3.98. The van der Waals surface area contributed by atoms with Crippen LogP contribution in [0.1, 0.15) is 5.89 Å². The molecule has 1 fully saturated rings. The number of anilines is 1. The number of non-ortho nitro benzene ring substituents is 1. The van der Waals surface area contributed by atoms with Gasteiger partial charge in [-0.25, -0.2) is 4.98 Å². The fraction of sp³-hybridized carbons (Fsp3) is 0.250. The average molecular weight is 364 g/mol. The molecule has 0 atom stereocenters. The molecule has 7 nitrogen and oxygen atoms in total. The van der Waals surface area contributed by atoms with Crippen molar-refractivity contribution < 1.29 is 9.34 Å². The van der Waals surface area contributed by atoms with Crippen LogP contribution in [0, 0.1) is 10.1 Å². The molecule has 0 saturated carbocycles. The monoisotopic (exact) mass is 364 g/mol. The van der Waals surface area contributed by atoms with Crippen molar-refractivity contribution in [3.05, 3.63) is 76.8 Å². The molecule has 4 rings (SSSR count). The number of aromatic nitrogens is 1. The first-order chi connectivity index (χ1) is 13.2. The van der Waals surface area contributed by atoms with Gasteiger partial charge in [-0.3, -0.25) is 15.0 Å². The zero-order valence-electron chi connectivity index (χ0n) is 14.8. The molecular formula is C20H20N4O3. The van der Waals surface area contributed by atoms with Gasteiger partial charge in [-0.05, 0) is 6.07 Å². The molecular weight excluding hydrogens is 344 g/mol. The van der Waals surface area contributed by atoms with Crippen LogP contribution in [-0.4, -0.2) is 41.0 Å². The van der Waals surface area contributed by atoms with E-state index in [4.69, 9.17) is 4.42 Å². The molecule has 3 aromatic rings. The summed E-state index contributed by atoms with van der Waals surface area (Å²) < 4.78 is 5.88. The Morgan fingerprint density at radius 1 is 1.04 bits per heavy atom. The third-order valence-corrected chi connectivity index (χ3v) is 4.75. The van der Waals surface area contributed by atoms with Crippen molar-refractivity contribution in [3.8, 4) is 11.3 Å². The first-order valence-electron chi connectivity index (χ1n) is 8.91. The molecule has 0 spiro atoms. The van der Waals surface area contributed by atoms with Gasteiger partial charge < -0.3 is 9.32 Å². The summed E-state index contributed by atoms with van der Waals surface area (Å²) in [5, 5.41) is 11.0. The Kier molecular flexibility index (Phi) is 4.84. The second-order valence-electron chi connectivity index (χ2n) is 6.52. The number of hydrogen-bond acceptors (Lipinski definition) is 6. The Balaban J connectivity index is 1.35. The van der Waals surface area contributed by atoms with Gasteiger partial charge >= 0.3 is 0 Å². The number of oxazole rings is 1. The summed E-state index contributed by atoms with van der Waals surface area (Å²) in [6.45, 7) is 3.99. The SMILES string of the molecule is O=[N+]([O-])c1cccc(N2CCN(Cc3ncc(-c4ccccc4)o3)CC2)c1. The van der Waals surface area contributed by atoms with Crippen molar-refractivity contribution in [3.63, 3.8) is 0 Å². The molecule has 1 aliphatic heterocycles. The average Bonchev–Trinajstić information content (AvgIpc) is 3.18. The maximum Gasteiger partial charge on any atom is 0.271 e. The van der Waals surface area contributed by atoms with Crippen LogP contribution in [0.25, 0.3) is 11.3 Å². The largest absolute Gasteiger partial charge is 0.439 e. The zero-order valence-corrected chi connectivity index (χ0v) is 14.8. The molecule has 1 aliphatic rings. The first kappa shape index (κ1) is 17.2. The van der Waals surface area contributed by atoms with Crippen molar-refractivity contribution in [2.45, 2.75) is 6.54 Å². The van der Waals surface area contributed by atoms with Gasteiger partial charge in [-0.1, -0.05) is 36.4 Å². The molecule has 0 radical (unpaired) electrons. The van der Waals surface area contributed by atoms with Crippen LogP contribution in [0.15, 0.2) is 65.2 Å². The Hall–Kier alpha value is -3.19. The number of benzene rings is 2. The predicted molar refractivity (Wildman–Crippen MR) is 103 cm³/mol. The summed E-state index contributed by atoms with van der Waals surface area (Å²) in [6.07, 6.45) is 1.77. The van der Waals surface area contributed by atoms with E-state index in [0.717, 1.165) is 43.2 Å². The molecule has 1 aromatic heterocycles. The number of hydrogen-bond donors (Lipinski definition) is 0. The summed E-state index contributed by atoms with van der Waals surface area (Å²) >= 11 is 0. The summed E-state index contributed by atoms with van der Waals surface area (Å²) in [7, 11) is 0. The van der Waals surface area contributed by atoms with E-state index in [2.05, 4.69) is 14.8 Å². The smallest absolute Gasteiger partial charge is 0.271 e. The van der Waals surface area contributed by atoms with E-state index in [1.54, 1.807) is 18.3 Å². The lowest BCUT2D eigenvalue weighted by atomic mass is 10.2. The van der Waals surface area contributed by atoms with Crippen LogP contribution in [0.3, 0.4) is 0 Å². The van der Waals surface area contributed by atoms with Crippen molar-refractivity contribution in [2.75, 3.05) is 31.1 Å². The minimum atomic E-state index is -0.355. The van der Waals surface area contributed by atoms with E-state index < -0.39 is 0 Å². The quantitative estimate of drug-likeness (QED) is 0.509. The van der Waals surface area contributed by atoms with Crippen molar-refractivity contribution in [1.82, 2.24) is 9.88 Å². The molecule has 7 heteroatoms. The van der Waals surface area contributed by atoms with E-state index in [0.29, 0.717) is 12.4 Å². The molecule has 0 amide bonds. The number of nitrogens with zero attached hydrogens (tertiary/aromatic N) is 4. The van der Waals surface area contributed by atoms with Crippen LogP contribution < -0.4 is 4.90 Å². The van der Waals surface area contributed by atoms with Crippen LogP contribution in [0.5, 0.6) is 0 Å². The van der Waals surface area contributed by atoms with Crippen molar-refractivity contribution >= 4 is 11.4 Å². The molecule has 2 aromatic carbocycles. The molecule has 0 unspecified atom stereocenters. The number of rotatable bonds is 5. The lowest BCUT2D eigenvalue weighted by Crippen LogP contribution is -2.46. The molecule has 2 heterocycles. The minimum absolute atomic E-state index is 0.128. The van der Waals surface area contributed by atoms with E-state index in [9.17, 15) is 10.1 Å². The predicted octanol–water partition coefficient (Wildman–Crippen LogP) is 3.57. The topological polar surface area (TPSA) is 75.7 Å². The summed E-state index contributed by atoms with van der Waals surface area (Å²) in [4.78, 5) is 19.5. The highest BCUT2D eigenvalue weighted by atomic mass is 16.6. The van der Waals surface area contributed by atoms with E-state index in [-0.39, 0.29) is 10.6 Å². The molecule has 0 aliphatic carbocycles. The second kappa shape index (κ2) is 7.59. The second-order valence-corrected chi connectivity index (χ2v) is 6.52. The third-order valence-electron chi connectivity index (χ3n) is 4.75. The van der Waals surface area contributed by atoms with Gasteiger partial charge in [0.05, 0.1) is 17.7 Å². The van der Waals surface area contributed by atoms with Gasteiger partial charge in [0.1, 0.15) is 0 Å². The first-order valence-corrected chi connectivity index (χ1v) is 8.91. The minimum Gasteiger partial charge on any atom is -0.439 e. The molecule has 0 bridgehead atoms. The summed E-state index contributed by atoms with van der Waals surface area (Å²) in [5.74, 6) is 1.48. The lowest BCUT2D eigenvalue weighted by Gasteiger charge is -2.35. The highest BCUT2D eigenvalue weighted by Gasteiger charge is 2.20. The van der Waals surface area contributed by atoms with Gasteiger partial charge in [0.25, 0.3) is 5.69 Å². The van der Waals surface area contributed by atoms with E-state index in [1.807, 2.05) is 36.4 Å².